The molecule has 160 valence electrons. The van der Waals surface area contributed by atoms with Crippen LogP contribution in [0, 0.1) is 0 Å². The maximum Gasteiger partial charge on any atom is 0.321 e. The molecule has 3 aromatic carbocycles. The number of amides is 2. The van der Waals surface area contributed by atoms with E-state index in [1.165, 1.54) is 4.90 Å². The number of aliphatic imine (C=N–C) groups is 1. The number of para-hydroxylation sites is 3. The molecule has 4 aromatic rings. The summed E-state index contributed by atoms with van der Waals surface area (Å²) in [4.78, 5) is 32.4. The van der Waals surface area contributed by atoms with Crippen LogP contribution >= 0.6 is 0 Å². The lowest BCUT2D eigenvalue weighted by atomic mass is 10.1. The van der Waals surface area contributed by atoms with E-state index in [-0.39, 0.29) is 23.3 Å². The summed E-state index contributed by atoms with van der Waals surface area (Å²) in [6.07, 6.45) is 0. The van der Waals surface area contributed by atoms with Crippen molar-refractivity contribution in [3.05, 3.63) is 90.1 Å². The van der Waals surface area contributed by atoms with Crippen LogP contribution in [0.15, 0.2) is 83.9 Å². The van der Waals surface area contributed by atoms with Gasteiger partial charge in [-0.2, -0.15) is 0 Å². The standard InChI is InChI=1S/C16H10N2O2.C9H12N2O/c19-15-9-5-1-3-7-11(9)17-13(15)14-16(20)10-6-2-4-8-12(10)18-14;1-11(2)9(12)10-8-6-4-3-5-7-8/h1-8,17,19H;3-7H,1-2H3,(H,10,12). The van der Waals surface area contributed by atoms with E-state index in [1.54, 1.807) is 38.4 Å². The third kappa shape index (κ3) is 4.09. The van der Waals surface area contributed by atoms with E-state index in [4.69, 9.17) is 0 Å². The van der Waals surface area contributed by atoms with Crippen LogP contribution in [0.25, 0.3) is 10.9 Å². The van der Waals surface area contributed by atoms with Gasteiger partial charge in [0.2, 0.25) is 5.78 Å². The lowest BCUT2D eigenvalue weighted by molar-refractivity contribution is 0.106. The van der Waals surface area contributed by atoms with E-state index < -0.39 is 0 Å². The molecule has 1 aliphatic heterocycles. The van der Waals surface area contributed by atoms with Crippen LogP contribution in [0.2, 0.25) is 0 Å². The number of nitrogens with one attached hydrogen (secondary N) is 2. The number of Topliss-reactive ketones (excluding diaryl/α,β-unsaturated/α-hetero) is 1. The van der Waals surface area contributed by atoms with Gasteiger partial charge in [-0.1, -0.05) is 42.5 Å². The lowest BCUT2D eigenvalue weighted by Gasteiger charge is -2.11. The number of H-pyrrole nitrogens is 1. The largest absolute Gasteiger partial charge is 0.505 e. The van der Waals surface area contributed by atoms with Crippen molar-refractivity contribution in [3.63, 3.8) is 0 Å². The molecule has 0 aliphatic carbocycles. The molecule has 7 heteroatoms. The highest BCUT2D eigenvalue weighted by Gasteiger charge is 2.29. The molecule has 0 spiro atoms. The number of aromatic amines is 1. The van der Waals surface area contributed by atoms with Crippen molar-refractivity contribution >= 4 is 39.8 Å². The highest BCUT2D eigenvalue weighted by atomic mass is 16.3. The molecule has 0 unspecified atom stereocenters. The number of ketones is 1. The second-order valence-corrected chi connectivity index (χ2v) is 7.39. The summed E-state index contributed by atoms with van der Waals surface area (Å²) >= 11 is 0. The summed E-state index contributed by atoms with van der Waals surface area (Å²) in [5, 5.41) is 13.7. The van der Waals surface area contributed by atoms with Gasteiger partial charge in [0.05, 0.1) is 5.69 Å². The second kappa shape index (κ2) is 8.77. The molecule has 32 heavy (non-hydrogen) atoms. The fourth-order valence-corrected chi connectivity index (χ4v) is 3.29. The molecular weight excluding hydrogens is 404 g/mol. The predicted molar refractivity (Wildman–Crippen MR) is 126 cm³/mol. The van der Waals surface area contributed by atoms with Crippen LogP contribution in [-0.4, -0.2) is 46.6 Å². The van der Waals surface area contributed by atoms with Gasteiger partial charge in [0, 0.05) is 36.2 Å². The average Bonchev–Trinajstić information content (AvgIpc) is 3.32. The monoisotopic (exact) mass is 426 g/mol. The zero-order valence-corrected chi connectivity index (χ0v) is 17.7. The van der Waals surface area contributed by atoms with E-state index in [0.717, 1.165) is 11.2 Å². The number of fused-ring (bicyclic) bond motifs is 2. The molecule has 0 radical (unpaired) electrons. The Morgan fingerprint density at radius 3 is 2.28 bits per heavy atom. The number of benzene rings is 3. The van der Waals surface area contributed by atoms with E-state index >= 15 is 0 Å². The Hall–Kier alpha value is -4.39. The van der Waals surface area contributed by atoms with E-state index in [1.807, 2.05) is 54.6 Å². The minimum atomic E-state index is -0.164. The molecule has 5 rings (SSSR count). The first-order valence-electron chi connectivity index (χ1n) is 10.0. The number of nitrogens with zero attached hydrogens (tertiary/aromatic N) is 2. The summed E-state index contributed by atoms with van der Waals surface area (Å²) in [5.41, 5.74) is 3.46. The smallest absolute Gasteiger partial charge is 0.321 e. The summed E-state index contributed by atoms with van der Waals surface area (Å²) < 4.78 is 0. The Kier molecular flexibility index (Phi) is 5.72. The van der Waals surface area contributed by atoms with Crippen molar-refractivity contribution in [1.29, 1.82) is 0 Å². The van der Waals surface area contributed by atoms with Gasteiger partial charge >= 0.3 is 6.03 Å². The van der Waals surface area contributed by atoms with Crippen LogP contribution in [0.3, 0.4) is 0 Å². The van der Waals surface area contributed by atoms with E-state index in [9.17, 15) is 14.7 Å². The third-order valence-electron chi connectivity index (χ3n) is 4.94. The molecule has 0 bridgehead atoms. The van der Waals surface area contributed by atoms with Crippen molar-refractivity contribution in [2.45, 2.75) is 0 Å². The fourth-order valence-electron chi connectivity index (χ4n) is 3.29. The van der Waals surface area contributed by atoms with E-state index in [0.29, 0.717) is 22.3 Å². The van der Waals surface area contributed by atoms with Crippen LogP contribution in [0.1, 0.15) is 16.1 Å². The first-order chi connectivity index (χ1) is 15.5. The number of rotatable bonds is 2. The number of urea groups is 1. The lowest BCUT2D eigenvalue weighted by Crippen LogP contribution is -2.27. The molecule has 2 heterocycles. The molecule has 0 fully saturated rings. The van der Waals surface area contributed by atoms with Crippen molar-refractivity contribution in [1.82, 2.24) is 9.88 Å². The van der Waals surface area contributed by atoms with Gasteiger partial charge in [-0.05, 0) is 36.4 Å². The Balaban J connectivity index is 0.000000176. The first-order valence-corrected chi connectivity index (χ1v) is 10.0. The minimum Gasteiger partial charge on any atom is -0.505 e. The maximum absolute atomic E-state index is 12.4. The Labute approximate surface area is 185 Å². The topological polar surface area (TPSA) is 97.8 Å². The molecule has 1 aromatic heterocycles. The quantitative estimate of drug-likeness (QED) is 0.422. The summed E-state index contributed by atoms with van der Waals surface area (Å²) in [6.45, 7) is 0. The predicted octanol–water partition coefficient (Wildman–Crippen LogP) is 4.97. The van der Waals surface area contributed by atoms with Gasteiger partial charge in [-0.25, -0.2) is 9.79 Å². The molecule has 2 amide bonds. The van der Waals surface area contributed by atoms with E-state index in [2.05, 4.69) is 15.3 Å². The number of carbonyl (C=O) groups is 2. The van der Waals surface area contributed by atoms with Crippen LogP contribution in [0.5, 0.6) is 5.75 Å². The molecule has 0 saturated carbocycles. The van der Waals surface area contributed by atoms with Crippen molar-refractivity contribution in [2.24, 2.45) is 4.99 Å². The number of carbonyl (C=O) groups excluding carboxylic acids is 2. The highest BCUT2D eigenvalue weighted by molar-refractivity contribution is 6.55. The fraction of sp³-hybridized carbons (Fsp3) is 0.0800. The SMILES string of the molecule is CN(C)C(=O)Nc1ccccc1.O=C1C(c2[nH]c3ccccc3c2O)=Nc2ccccc21. The van der Waals surface area contributed by atoms with Crippen molar-refractivity contribution in [2.75, 3.05) is 19.4 Å². The maximum atomic E-state index is 12.4. The first kappa shape index (κ1) is 20.9. The molecule has 0 saturated heterocycles. The summed E-state index contributed by atoms with van der Waals surface area (Å²) in [6, 6.07) is 23.8. The average molecular weight is 426 g/mol. The second-order valence-electron chi connectivity index (χ2n) is 7.39. The number of aromatic nitrogens is 1. The molecule has 1 aliphatic rings. The number of aromatic hydroxyl groups is 1. The highest BCUT2D eigenvalue weighted by Crippen LogP contribution is 2.34. The normalized spacial score (nSPS) is 11.9. The van der Waals surface area contributed by atoms with Crippen molar-refractivity contribution in [3.8, 4) is 5.75 Å². The van der Waals surface area contributed by atoms with Crippen LogP contribution in [-0.2, 0) is 0 Å². The zero-order chi connectivity index (χ0) is 22.7. The van der Waals surface area contributed by atoms with Crippen molar-refractivity contribution < 1.29 is 14.7 Å². The van der Waals surface area contributed by atoms with Gasteiger partial charge in [0.15, 0.2) is 5.75 Å². The summed E-state index contributed by atoms with van der Waals surface area (Å²) in [7, 11) is 3.41. The zero-order valence-electron chi connectivity index (χ0n) is 17.7. The Morgan fingerprint density at radius 1 is 0.938 bits per heavy atom. The Bertz CT molecular complexity index is 1320. The number of hydrogen-bond donors (Lipinski definition) is 3. The molecule has 3 N–H and O–H groups in total. The van der Waals surface area contributed by atoms with Gasteiger partial charge in [0.1, 0.15) is 11.4 Å². The van der Waals surface area contributed by atoms with Crippen LogP contribution < -0.4 is 5.32 Å². The summed E-state index contributed by atoms with van der Waals surface area (Å²) in [5.74, 6) is -0.0945. The third-order valence-corrected chi connectivity index (χ3v) is 4.94. The van der Waals surface area contributed by atoms with Gasteiger partial charge in [-0.15, -0.1) is 0 Å². The number of anilines is 1. The molecule has 0 atom stereocenters. The van der Waals surface area contributed by atoms with Gasteiger partial charge in [0.25, 0.3) is 0 Å². The number of hydrogen-bond acceptors (Lipinski definition) is 4. The van der Waals surface area contributed by atoms with Crippen LogP contribution in [0.4, 0.5) is 16.2 Å². The van der Waals surface area contributed by atoms with Gasteiger partial charge < -0.3 is 20.3 Å². The Morgan fingerprint density at radius 2 is 1.59 bits per heavy atom. The molecular formula is C25H22N4O3. The minimum absolute atomic E-state index is 0.0699. The van der Waals surface area contributed by atoms with Gasteiger partial charge in [-0.3, -0.25) is 4.79 Å². The molecule has 7 nitrogen and oxygen atoms in total.